The zero-order valence-electron chi connectivity index (χ0n) is 15.5. The fourth-order valence-corrected chi connectivity index (χ4v) is 3.82. The molecule has 11 heteroatoms. The van der Waals surface area contributed by atoms with Crippen LogP contribution in [-0.2, 0) is 9.57 Å². The van der Waals surface area contributed by atoms with E-state index >= 15 is 0 Å². The predicted molar refractivity (Wildman–Crippen MR) is 97.9 cm³/mol. The lowest BCUT2D eigenvalue weighted by atomic mass is 9.89. The highest BCUT2D eigenvalue weighted by molar-refractivity contribution is 5.81. The Labute approximate surface area is 161 Å². The predicted octanol–water partition coefficient (Wildman–Crippen LogP) is 0.992. The fraction of sp³-hybridized carbons (Fsp3) is 0.706. The fourth-order valence-electron chi connectivity index (χ4n) is 3.82. The molecule has 2 aliphatic rings. The van der Waals surface area contributed by atoms with Crippen LogP contribution in [0.5, 0.6) is 0 Å². The molecule has 4 N–H and O–H groups in total. The summed E-state index contributed by atoms with van der Waals surface area (Å²) >= 11 is 0. The van der Waals surface area contributed by atoms with Crippen molar-refractivity contribution in [2.75, 3.05) is 18.9 Å². The second-order valence-corrected chi connectivity index (χ2v) is 7.33. The van der Waals surface area contributed by atoms with Crippen LogP contribution in [-0.4, -0.2) is 61.2 Å². The van der Waals surface area contributed by atoms with Crippen molar-refractivity contribution in [3.05, 3.63) is 12.7 Å². The average Bonchev–Trinajstić information content (AvgIpc) is 3.26. The quantitative estimate of drug-likeness (QED) is 0.487. The van der Waals surface area contributed by atoms with E-state index in [1.54, 1.807) is 0 Å². The Kier molecular flexibility index (Phi) is 5.64. The van der Waals surface area contributed by atoms with Crippen LogP contribution in [0, 0.1) is 5.92 Å². The number of aliphatic hydroxyl groups is 2. The van der Waals surface area contributed by atoms with Crippen molar-refractivity contribution in [1.82, 2.24) is 19.5 Å². The third-order valence-corrected chi connectivity index (χ3v) is 5.42. The van der Waals surface area contributed by atoms with Crippen molar-refractivity contribution in [1.29, 1.82) is 0 Å². The number of aliphatic hydroxyl groups excluding tert-OH is 2. The van der Waals surface area contributed by atoms with Crippen LogP contribution < -0.4 is 5.73 Å². The van der Waals surface area contributed by atoms with E-state index in [-0.39, 0.29) is 12.4 Å². The first-order chi connectivity index (χ1) is 13.6. The number of anilines is 1. The van der Waals surface area contributed by atoms with E-state index in [0.29, 0.717) is 23.6 Å². The molecule has 0 unspecified atom stereocenters. The molecule has 1 saturated carbocycles. The molecule has 1 aliphatic carbocycles. The Morgan fingerprint density at radius 1 is 1.18 bits per heavy atom. The number of nitrogen functional groups attached to an aromatic ring is 1. The lowest BCUT2D eigenvalue weighted by molar-refractivity contribution is -0.0679. The molecule has 2 aromatic rings. The van der Waals surface area contributed by atoms with Crippen LogP contribution in [0.3, 0.4) is 0 Å². The Hall–Kier alpha value is -2.37. The van der Waals surface area contributed by atoms with Gasteiger partial charge in [-0.2, -0.15) is 5.11 Å². The molecule has 0 radical (unpaired) electrons. The molecular weight excluding hydrogens is 366 g/mol. The molecule has 3 heterocycles. The normalized spacial score (nSPS) is 29.1. The SMILES string of the molecule is Nc1ncnc2c1ncn2[C@@H]1O[C@H](CON=NCC2CCCCC2)[C@@H](O)[C@H]1O. The minimum Gasteiger partial charge on any atom is -0.387 e. The summed E-state index contributed by atoms with van der Waals surface area (Å²) < 4.78 is 7.29. The molecular formula is C17H25N7O4. The summed E-state index contributed by atoms with van der Waals surface area (Å²) in [6, 6.07) is 0. The Morgan fingerprint density at radius 3 is 2.82 bits per heavy atom. The summed E-state index contributed by atoms with van der Waals surface area (Å²) in [6.07, 6.45) is 4.97. The lowest BCUT2D eigenvalue weighted by Gasteiger charge is -2.18. The van der Waals surface area contributed by atoms with E-state index in [4.69, 9.17) is 15.3 Å². The molecule has 0 bridgehead atoms. The summed E-state index contributed by atoms with van der Waals surface area (Å²) in [7, 11) is 0. The van der Waals surface area contributed by atoms with Crippen LogP contribution in [0.15, 0.2) is 23.0 Å². The van der Waals surface area contributed by atoms with Gasteiger partial charge in [-0.15, -0.1) is 0 Å². The second-order valence-electron chi connectivity index (χ2n) is 7.33. The van der Waals surface area contributed by atoms with E-state index < -0.39 is 24.5 Å². The van der Waals surface area contributed by atoms with Crippen molar-refractivity contribution >= 4 is 17.0 Å². The molecule has 28 heavy (non-hydrogen) atoms. The third-order valence-electron chi connectivity index (χ3n) is 5.42. The van der Waals surface area contributed by atoms with Gasteiger partial charge in [0.15, 0.2) is 17.7 Å². The lowest BCUT2D eigenvalue weighted by Crippen LogP contribution is -2.33. The maximum absolute atomic E-state index is 10.4. The van der Waals surface area contributed by atoms with Crippen LogP contribution in [0.25, 0.3) is 11.2 Å². The van der Waals surface area contributed by atoms with Gasteiger partial charge in [-0.25, -0.2) is 15.0 Å². The molecule has 1 saturated heterocycles. The number of nitrogens with zero attached hydrogens (tertiary/aromatic N) is 6. The molecule has 0 aromatic carbocycles. The summed E-state index contributed by atoms with van der Waals surface area (Å²) in [6.45, 7) is 0.633. The topological polar surface area (TPSA) is 153 Å². The summed E-state index contributed by atoms with van der Waals surface area (Å²) in [4.78, 5) is 17.4. The molecule has 0 spiro atoms. The molecule has 1 aliphatic heterocycles. The highest BCUT2D eigenvalue weighted by Crippen LogP contribution is 2.32. The van der Waals surface area contributed by atoms with Crippen molar-refractivity contribution < 1.29 is 19.8 Å². The van der Waals surface area contributed by atoms with Gasteiger partial charge in [0.05, 0.1) is 12.9 Å². The van der Waals surface area contributed by atoms with E-state index in [1.165, 1.54) is 49.3 Å². The maximum Gasteiger partial charge on any atom is 0.167 e. The van der Waals surface area contributed by atoms with Crippen LogP contribution >= 0.6 is 0 Å². The highest BCUT2D eigenvalue weighted by atomic mass is 16.7. The van der Waals surface area contributed by atoms with Crippen molar-refractivity contribution in [2.24, 2.45) is 16.3 Å². The second kappa shape index (κ2) is 8.33. The van der Waals surface area contributed by atoms with Gasteiger partial charge in [0.2, 0.25) is 0 Å². The number of ether oxygens (including phenoxy) is 1. The van der Waals surface area contributed by atoms with Gasteiger partial charge in [-0.3, -0.25) is 4.57 Å². The number of rotatable bonds is 6. The maximum atomic E-state index is 10.4. The Bertz CT molecular complexity index is 823. The number of fused-ring (bicyclic) bond motifs is 1. The van der Waals surface area contributed by atoms with Gasteiger partial charge in [-0.1, -0.05) is 19.3 Å². The third kappa shape index (κ3) is 3.77. The zero-order chi connectivity index (χ0) is 19.5. The largest absolute Gasteiger partial charge is 0.387 e. The number of hydrogen-bond donors (Lipinski definition) is 3. The van der Waals surface area contributed by atoms with E-state index in [2.05, 4.69) is 25.3 Å². The first kappa shape index (κ1) is 19.0. The minimum absolute atomic E-state index is 0.0212. The number of aromatic nitrogens is 4. The summed E-state index contributed by atoms with van der Waals surface area (Å²) in [5.74, 6) is 0.805. The van der Waals surface area contributed by atoms with E-state index in [9.17, 15) is 10.2 Å². The first-order valence-corrected chi connectivity index (χ1v) is 9.58. The van der Waals surface area contributed by atoms with Gasteiger partial charge >= 0.3 is 0 Å². The average molecular weight is 391 g/mol. The molecule has 11 nitrogen and oxygen atoms in total. The van der Waals surface area contributed by atoms with Gasteiger partial charge < -0.3 is 25.5 Å². The van der Waals surface area contributed by atoms with Crippen molar-refractivity contribution in [3.8, 4) is 0 Å². The number of nitrogens with two attached hydrogens (primary N) is 1. The molecule has 152 valence electrons. The smallest absolute Gasteiger partial charge is 0.167 e. The number of imidazole rings is 1. The Balaban J connectivity index is 1.34. The molecule has 2 aromatic heterocycles. The standard InChI is InChI=1S/C17H25N7O4/c18-15-12-16(20-8-19-15)24(9-21-12)17-14(26)13(25)11(28-17)7-27-23-22-6-10-4-2-1-3-5-10/h8-11,13-14,17,25-26H,1-7H2,(H2,18,19,20)/t11-,13-,14-,17-/m1/s1. The highest BCUT2D eigenvalue weighted by Gasteiger charge is 2.44. The van der Waals surface area contributed by atoms with E-state index in [1.807, 2.05) is 0 Å². The van der Waals surface area contributed by atoms with Crippen LogP contribution in [0.4, 0.5) is 5.82 Å². The molecule has 2 fully saturated rings. The minimum atomic E-state index is -1.18. The zero-order valence-corrected chi connectivity index (χ0v) is 15.5. The summed E-state index contributed by atoms with van der Waals surface area (Å²) in [5, 5.41) is 28.5. The van der Waals surface area contributed by atoms with Crippen LogP contribution in [0.1, 0.15) is 38.3 Å². The van der Waals surface area contributed by atoms with Crippen molar-refractivity contribution in [3.63, 3.8) is 0 Å². The monoisotopic (exact) mass is 391 g/mol. The Morgan fingerprint density at radius 2 is 2.00 bits per heavy atom. The molecule has 0 amide bonds. The van der Waals surface area contributed by atoms with Gasteiger partial charge in [0, 0.05) is 5.28 Å². The number of hydrogen-bond acceptors (Lipinski definition) is 10. The van der Waals surface area contributed by atoms with Crippen molar-refractivity contribution in [2.45, 2.75) is 56.6 Å². The summed E-state index contributed by atoms with van der Waals surface area (Å²) in [5.41, 5.74) is 6.60. The molecule has 4 rings (SSSR count). The van der Waals surface area contributed by atoms with E-state index in [0.717, 1.165) is 0 Å². The van der Waals surface area contributed by atoms with Gasteiger partial charge in [-0.05, 0) is 18.8 Å². The molecule has 4 atom stereocenters. The van der Waals surface area contributed by atoms with Gasteiger partial charge in [0.25, 0.3) is 0 Å². The van der Waals surface area contributed by atoms with Gasteiger partial charge in [0.1, 0.15) is 36.8 Å². The first-order valence-electron chi connectivity index (χ1n) is 9.58. The van der Waals surface area contributed by atoms with Crippen LogP contribution in [0.2, 0.25) is 0 Å².